The van der Waals surface area contributed by atoms with Crippen molar-refractivity contribution in [2.75, 3.05) is 12.3 Å². The van der Waals surface area contributed by atoms with Crippen molar-refractivity contribution in [2.45, 2.75) is 32.2 Å². The summed E-state index contributed by atoms with van der Waals surface area (Å²) in [4.78, 5) is 26.9. The molecule has 0 aliphatic heterocycles. The number of nitrogens with zero attached hydrogens (tertiary/aromatic N) is 1. The van der Waals surface area contributed by atoms with E-state index < -0.39 is 6.04 Å². The summed E-state index contributed by atoms with van der Waals surface area (Å²) in [5.74, 6) is 0.332. The first-order valence-corrected chi connectivity index (χ1v) is 11.4. The number of likely N-dealkylation sites (N-methyl/N-ethyl adjacent to an activating group) is 1. The third kappa shape index (κ3) is 6.82. The number of amides is 2. The molecular weight excluding hydrogens is 451 g/mol. The molecule has 0 bridgehead atoms. The first-order chi connectivity index (χ1) is 13.8. The molecule has 29 heavy (non-hydrogen) atoms. The maximum atomic E-state index is 13.0. The minimum atomic E-state index is -0.622. The highest BCUT2D eigenvalue weighted by molar-refractivity contribution is 7.99. The van der Waals surface area contributed by atoms with Gasteiger partial charge in [0.25, 0.3) is 0 Å². The quantitative estimate of drug-likeness (QED) is 0.528. The molecule has 156 valence electrons. The minimum absolute atomic E-state index is 0.156. The fourth-order valence-electron chi connectivity index (χ4n) is 2.71. The number of hydrogen-bond acceptors (Lipinski definition) is 3. The van der Waals surface area contributed by atoms with Crippen LogP contribution in [-0.4, -0.2) is 35.1 Å². The van der Waals surface area contributed by atoms with Crippen molar-refractivity contribution in [3.8, 4) is 0 Å². The van der Waals surface area contributed by atoms with Gasteiger partial charge in [-0.25, -0.2) is 0 Å². The van der Waals surface area contributed by atoms with E-state index >= 15 is 0 Å². The van der Waals surface area contributed by atoms with Crippen molar-refractivity contribution in [3.05, 3.63) is 68.7 Å². The number of thioether (sulfide) groups is 1. The second kappa shape index (κ2) is 11.7. The molecule has 1 N–H and O–H groups in total. The normalized spacial score (nSPS) is 11.8. The van der Waals surface area contributed by atoms with Crippen LogP contribution in [0.4, 0.5) is 0 Å². The van der Waals surface area contributed by atoms with E-state index in [0.717, 1.165) is 11.1 Å². The van der Waals surface area contributed by atoms with E-state index in [1.54, 1.807) is 36.1 Å². The van der Waals surface area contributed by atoms with E-state index in [-0.39, 0.29) is 24.1 Å². The van der Waals surface area contributed by atoms with Crippen LogP contribution in [0.2, 0.25) is 15.1 Å². The summed E-state index contributed by atoms with van der Waals surface area (Å²) in [5, 5.41) is 4.47. The molecule has 4 nitrogen and oxygen atoms in total. The van der Waals surface area contributed by atoms with Crippen molar-refractivity contribution < 1.29 is 9.59 Å². The first kappa shape index (κ1) is 23.9. The molecule has 2 rings (SSSR count). The lowest BCUT2D eigenvalue weighted by molar-refractivity contribution is -0.138. The number of halogens is 3. The standard InChI is InChI=1S/C21H23Cl3N2O2S/c1-3-25-21(28)14(2)26(11-15-7-4-5-8-17(15)22)20(27)13-29-12-16-18(23)9-6-10-19(16)24/h4-10,14H,3,11-13H2,1-2H3,(H,25,28)/t14-/m0/s1. The zero-order valence-corrected chi connectivity index (χ0v) is 19.3. The molecule has 2 aromatic rings. The Bertz CT molecular complexity index is 843. The Hall–Kier alpha value is -1.40. The van der Waals surface area contributed by atoms with Gasteiger partial charge in [-0.3, -0.25) is 9.59 Å². The smallest absolute Gasteiger partial charge is 0.242 e. The summed E-state index contributed by atoms with van der Waals surface area (Å²) in [6, 6.07) is 12.0. The van der Waals surface area contributed by atoms with Crippen LogP contribution in [0.25, 0.3) is 0 Å². The number of nitrogens with one attached hydrogen (secondary N) is 1. The average molecular weight is 474 g/mol. The second-order valence-electron chi connectivity index (χ2n) is 6.38. The number of rotatable bonds is 9. The number of benzene rings is 2. The predicted octanol–water partition coefficient (Wildman–Crippen LogP) is 5.43. The Kier molecular flexibility index (Phi) is 9.63. The molecule has 2 amide bonds. The summed E-state index contributed by atoms with van der Waals surface area (Å²) in [6.45, 7) is 4.31. The molecule has 2 aromatic carbocycles. The van der Waals surface area contributed by atoms with Crippen molar-refractivity contribution >= 4 is 58.4 Å². The van der Waals surface area contributed by atoms with Gasteiger partial charge < -0.3 is 10.2 Å². The lowest BCUT2D eigenvalue weighted by Crippen LogP contribution is -2.48. The Labute approximate surface area is 190 Å². The van der Waals surface area contributed by atoms with E-state index in [2.05, 4.69) is 5.32 Å². The number of carbonyl (C=O) groups is 2. The van der Waals surface area contributed by atoms with Crippen molar-refractivity contribution in [2.24, 2.45) is 0 Å². The zero-order chi connectivity index (χ0) is 21.4. The molecule has 0 spiro atoms. The Balaban J connectivity index is 2.11. The maximum Gasteiger partial charge on any atom is 0.242 e. The summed E-state index contributed by atoms with van der Waals surface area (Å²) in [6.07, 6.45) is 0. The highest BCUT2D eigenvalue weighted by Crippen LogP contribution is 2.28. The van der Waals surface area contributed by atoms with E-state index in [4.69, 9.17) is 34.8 Å². The van der Waals surface area contributed by atoms with Gasteiger partial charge >= 0.3 is 0 Å². The van der Waals surface area contributed by atoms with Crippen LogP contribution in [0.1, 0.15) is 25.0 Å². The summed E-state index contributed by atoms with van der Waals surface area (Å²) >= 11 is 20.1. The van der Waals surface area contributed by atoms with Crippen LogP contribution in [0, 0.1) is 0 Å². The maximum absolute atomic E-state index is 13.0. The lowest BCUT2D eigenvalue weighted by Gasteiger charge is -2.29. The molecule has 0 aliphatic carbocycles. The summed E-state index contributed by atoms with van der Waals surface area (Å²) in [7, 11) is 0. The van der Waals surface area contributed by atoms with Crippen molar-refractivity contribution in [1.82, 2.24) is 10.2 Å². The molecule has 1 atom stereocenters. The monoisotopic (exact) mass is 472 g/mol. The Morgan fingerprint density at radius 1 is 1.03 bits per heavy atom. The van der Waals surface area contributed by atoms with Gasteiger partial charge in [-0.05, 0) is 43.2 Å². The first-order valence-electron chi connectivity index (χ1n) is 9.16. The SMILES string of the molecule is CCNC(=O)[C@H](C)N(Cc1ccccc1Cl)C(=O)CSCc1c(Cl)cccc1Cl. The molecule has 0 radical (unpaired) electrons. The van der Waals surface area contributed by atoms with Crippen LogP contribution in [0.3, 0.4) is 0 Å². The van der Waals surface area contributed by atoms with E-state index in [1.807, 2.05) is 25.1 Å². The van der Waals surface area contributed by atoms with Crippen LogP contribution in [0.15, 0.2) is 42.5 Å². The average Bonchev–Trinajstić information content (AvgIpc) is 2.69. The van der Waals surface area contributed by atoms with Gasteiger partial charge in [-0.2, -0.15) is 0 Å². The molecule has 0 heterocycles. The van der Waals surface area contributed by atoms with Gasteiger partial charge in [-0.15, -0.1) is 11.8 Å². The Morgan fingerprint density at radius 3 is 2.28 bits per heavy atom. The highest BCUT2D eigenvalue weighted by atomic mass is 35.5. The zero-order valence-electron chi connectivity index (χ0n) is 16.3. The topological polar surface area (TPSA) is 49.4 Å². The fraction of sp³-hybridized carbons (Fsp3) is 0.333. The van der Waals surface area contributed by atoms with Gasteiger partial charge in [0, 0.05) is 33.9 Å². The molecule has 0 unspecified atom stereocenters. The number of carbonyl (C=O) groups excluding carboxylic acids is 2. The van der Waals surface area contributed by atoms with Crippen LogP contribution in [-0.2, 0) is 21.9 Å². The minimum Gasteiger partial charge on any atom is -0.355 e. The van der Waals surface area contributed by atoms with Crippen LogP contribution in [0.5, 0.6) is 0 Å². The van der Waals surface area contributed by atoms with Crippen molar-refractivity contribution in [1.29, 1.82) is 0 Å². The Morgan fingerprint density at radius 2 is 1.66 bits per heavy atom. The molecule has 0 saturated carbocycles. The van der Waals surface area contributed by atoms with Crippen LogP contribution >= 0.6 is 46.6 Å². The van der Waals surface area contributed by atoms with Gasteiger partial charge in [0.2, 0.25) is 11.8 Å². The molecule has 0 aliphatic rings. The van der Waals surface area contributed by atoms with E-state index in [0.29, 0.717) is 27.4 Å². The van der Waals surface area contributed by atoms with Gasteiger partial charge in [0.15, 0.2) is 0 Å². The molecule has 0 aromatic heterocycles. The third-order valence-electron chi connectivity index (χ3n) is 4.35. The third-order valence-corrected chi connectivity index (χ3v) is 6.37. The number of hydrogen-bond donors (Lipinski definition) is 1. The molecule has 0 fully saturated rings. The van der Waals surface area contributed by atoms with Crippen LogP contribution < -0.4 is 5.32 Å². The molecule has 8 heteroatoms. The lowest BCUT2D eigenvalue weighted by atomic mass is 10.1. The summed E-state index contributed by atoms with van der Waals surface area (Å²) in [5.41, 5.74) is 1.58. The van der Waals surface area contributed by atoms with Crippen molar-refractivity contribution in [3.63, 3.8) is 0 Å². The molecular formula is C21H23Cl3N2O2S. The molecule has 0 saturated heterocycles. The van der Waals surface area contributed by atoms with Gasteiger partial charge in [0.1, 0.15) is 6.04 Å². The largest absolute Gasteiger partial charge is 0.355 e. The fourth-order valence-corrected chi connectivity index (χ4v) is 4.55. The van der Waals surface area contributed by atoms with Gasteiger partial charge in [-0.1, -0.05) is 59.1 Å². The van der Waals surface area contributed by atoms with E-state index in [1.165, 1.54) is 11.8 Å². The predicted molar refractivity (Wildman–Crippen MR) is 123 cm³/mol. The second-order valence-corrected chi connectivity index (χ2v) is 8.58. The van der Waals surface area contributed by atoms with E-state index in [9.17, 15) is 9.59 Å². The highest BCUT2D eigenvalue weighted by Gasteiger charge is 2.26. The van der Waals surface area contributed by atoms with Gasteiger partial charge in [0.05, 0.1) is 5.75 Å². The summed E-state index contributed by atoms with van der Waals surface area (Å²) < 4.78 is 0.